The van der Waals surface area contributed by atoms with Gasteiger partial charge in [-0.3, -0.25) is 4.79 Å². The lowest BCUT2D eigenvalue weighted by molar-refractivity contribution is -0.134. The molecule has 14 heavy (non-hydrogen) atoms. The highest BCUT2D eigenvalue weighted by molar-refractivity contribution is 5.79. The minimum Gasteiger partial charge on any atom is -0.332 e. The van der Waals surface area contributed by atoms with Crippen LogP contribution in [0.15, 0.2) is 12.2 Å². The molecule has 0 spiro atoms. The Balaban J connectivity index is 2.53. The highest BCUT2D eigenvalue weighted by atomic mass is 16.2. The van der Waals surface area contributed by atoms with E-state index < -0.39 is 0 Å². The predicted molar refractivity (Wildman–Crippen MR) is 57.6 cm³/mol. The van der Waals surface area contributed by atoms with Crippen molar-refractivity contribution in [3.63, 3.8) is 0 Å². The first-order chi connectivity index (χ1) is 6.79. The Morgan fingerprint density at radius 3 is 2.93 bits per heavy atom. The van der Waals surface area contributed by atoms with Gasteiger partial charge in [0.15, 0.2) is 0 Å². The van der Waals surface area contributed by atoms with Crippen molar-refractivity contribution in [3.05, 3.63) is 12.2 Å². The molecule has 0 aromatic rings. The Morgan fingerprint density at radius 2 is 2.43 bits per heavy atom. The van der Waals surface area contributed by atoms with Crippen molar-refractivity contribution in [2.45, 2.75) is 26.2 Å². The fraction of sp³-hybridized carbons (Fsp3) is 0.583. The summed E-state index contributed by atoms with van der Waals surface area (Å²) in [6.45, 7) is 3.12. The lowest BCUT2D eigenvalue weighted by Gasteiger charge is -2.25. The van der Waals surface area contributed by atoms with Crippen LogP contribution in [0.5, 0.6) is 0 Å². The molecule has 0 saturated carbocycles. The molecule has 2 nitrogen and oxygen atoms in total. The molecule has 0 radical (unpaired) electrons. The molecule has 2 heteroatoms. The SMILES string of the molecule is C#CCN(CC)C(=O)C1CC=CCC1. The third kappa shape index (κ3) is 2.63. The molecule has 0 aromatic heterocycles. The van der Waals surface area contributed by atoms with Crippen LogP contribution in [0.2, 0.25) is 0 Å². The quantitative estimate of drug-likeness (QED) is 0.492. The molecular formula is C12H17NO. The molecular weight excluding hydrogens is 174 g/mol. The molecule has 1 aliphatic carbocycles. The van der Waals surface area contributed by atoms with Gasteiger partial charge in [0.05, 0.1) is 6.54 Å². The normalized spacial score (nSPS) is 20.1. The molecule has 0 heterocycles. The molecule has 0 bridgehead atoms. The van der Waals surface area contributed by atoms with Crippen LogP contribution in [0.3, 0.4) is 0 Å². The van der Waals surface area contributed by atoms with Crippen molar-refractivity contribution in [1.82, 2.24) is 4.90 Å². The first kappa shape index (κ1) is 10.8. The number of hydrogen-bond acceptors (Lipinski definition) is 1. The third-order valence-electron chi connectivity index (χ3n) is 2.59. The highest BCUT2D eigenvalue weighted by Crippen LogP contribution is 2.20. The van der Waals surface area contributed by atoms with Crippen molar-refractivity contribution in [2.75, 3.05) is 13.1 Å². The number of amides is 1. The lowest BCUT2D eigenvalue weighted by Crippen LogP contribution is -2.36. The van der Waals surface area contributed by atoms with Gasteiger partial charge in [0, 0.05) is 12.5 Å². The zero-order chi connectivity index (χ0) is 10.4. The van der Waals surface area contributed by atoms with Gasteiger partial charge in [0.1, 0.15) is 0 Å². The summed E-state index contributed by atoms with van der Waals surface area (Å²) in [5, 5.41) is 0. The molecule has 0 saturated heterocycles. The summed E-state index contributed by atoms with van der Waals surface area (Å²) in [5.41, 5.74) is 0. The van der Waals surface area contributed by atoms with Crippen LogP contribution in [0, 0.1) is 18.3 Å². The van der Waals surface area contributed by atoms with Crippen LogP contribution in [0.25, 0.3) is 0 Å². The molecule has 1 amide bonds. The summed E-state index contributed by atoms with van der Waals surface area (Å²) in [7, 11) is 0. The third-order valence-corrected chi connectivity index (χ3v) is 2.59. The zero-order valence-electron chi connectivity index (χ0n) is 8.70. The van der Waals surface area contributed by atoms with Crippen LogP contribution in [-0.4, -0.2) is 23.9 Å². The van der Waals surface area contributed by atoms with Gasteiger partial charge in [-0.25, -0.2) is 0 Å². The van der Waals surface area contributed by atoms with E-state index in [1.54, 1.807) is 4.90 Å². The van der Waals surface area contributed by atoms with E-state index in [4.69, 9.17) is 6.42 Å². The second-order valence-corrected chi connectivity index (χ2v) is 3.54. The van der Waals surface area contributed by atoms with Crippen molar-refractivity contribution < 1.29 is 4.79 Å². The molecule has 0 fully saturated rings. The van der Waals surface area contributed by atoms with Crippen molar-refractivity contribution >= 4 is 5.91 Å². The Hall–Kier alpha value is -1.23. The summed E-state index contributed by atoms with van der Waals surface area (Å²) in [6.07, 6.45) is 12.3. The van der Waals surface area contributed by atoms with E-state index in [0.717, 1.165) is 19.3 Å². The Kier molecular flexibility index (Phi) is 4.25. The maximum absolute atomic E-state index is 11.9. The van der Waals surface area contributed by atoms with E-state index in [1.165, 1.54) is 0 Å². The van der Waals surface area contributed by atoms with Crippen molar-refractivity contribution in [3.8, 4) is 12.3 Å². The van der Waals surface area contributed by atoms with Crippen molar-refractivity contribution in [2.24, 2.45) is 5.92 Å². The van der Waals surface area contributed by atoms with Gasteiger partial charge in [-0.05, 0) is 26.2 Å². The predicted octanol–water partition coefficient (Wildman–Crippen LogP) is 1.82. The molecule has 1 aliphatic rings. The summed E-state index contributed by atoms with van der Waals surface area (Å²) < 4.78 is 0. The van der Waals surface area contributed by atoms with E-state index in [2.05, 4.69) is 18.1 Å². The summed E-state index contributed by atoms with van der Waals surface area (Å²) >= 11 is 0. The lowest BCUT2D eigenvalue weighted by atomic mass is 9.93. The highest BCUT2D eigenvalue weighted by Gasteiger charge is 2.22. The number of carbonyl (C=O) groups excluding carboxylic acids is 1. The monoisotopic (exact) mass is 191 g/mol. The van der Waals surface area contributed by atoms with Gasteiger partial charge in [-0.1, -0.05) is 18.1 Å². The first-order valence-electron chi connectivity index (χ1n) is 5.16. The van der Waals surface area contributed by atoms with E-state index in [9.17, 15) is 4.79 Å². The maximum Gasteiger partial charge on any atom is 0.226 e. The standard InChI is InChI=1S/C12H17NO/c1-3-10-13(4-2)12(14)11-8-6-5-7-9-11/h1,5-6,11H,4,7-10H2,2H3. The molecule has 0 aromatic carbocycles. The Morgan fingerprint density at radius 1 is 1.64 bits per heavy atom. The molecule has 0 aliphatic heterocycles. The average Bonchev–Trinajstić information content (AvgIpc) is 2.26. The van der Waals surface area contributed by atoms with Crippen LogP contribution in [0.1, 0.15) is 26.2 Å². The fourth-order valence-corrected chi connectivity index (χ4v) is 1.73. The minimum absolute atomic E-state index is 0.160. The molecule has 1 unspecified atom stereocenters. The van der Waals surface area contributed by atoms with Crippen LogP contribution >= 0.6 is 0 Å². The molecule has 0 N–H and O–H groups in total. The smallest absolute Gasteiger partial charge is 0.226 e. The maximum atomic E-state index is 11.9. The summed E-state index contributed by atoms with van der Waals surface area (Å²) in [5.74, 6) is 2.90. The number of carbonyl (C=O) groups is 1. The van der Waals surface area contributed by atoms with Gasteiger partial charge in [0.2, 0.25) is 5.91 Å². The van der Waals surface area contributed by atoms with Gasteiger partial charge >= 0.3 is 0 Å². The van der Waals surface area contributed by atoms with Gasteiger partial charge < -0.3 is 4.90 Å². The average molecular weight is 191 g/mol. The largest absolute Gasteiger partial charge is 0.332 e. The topological polar surface area (TPSA) is 20.3 Å². The van der Waals surface area contributed by atoms with Crippen LogP contribution in [-0.2, 0) is 4.79 Å². The zero-order valence-corrected chi connectivity index (χ0v) is 8.70. The van der Waals surface area contributed by atoms with E-state index in [-0.39, 0.29) is 11.8 Å². The Bertz CT molecular complexity index is 262. The first-order valence-corrected chi connectivity index (χ1v) is 5.16. The van der Waals surface area contributed by atoms with E-state index >= 15 is 0 Å². The number of terminal acetylenes is 1. The summed E-state index contributed by atoms with van der Waals surface area (Å²) in [6, 6.07) is 0. The molecule has 1 atom stereocenters. The van der Waals surface area contributed by atoms with Gasteiger partial charge in [-0.2, -0.15) is 0 Å². The second-order valence-electron chi connectivity index (χ2n) is 3.54. The van der Waals surface area contributed by atoms with Crippen LogP contribution in [0.4, 0.5) is 0 Å². The second kappa shape index (κ2) is 5.49. The number of rotatable bonds is 3. The van der Waals surface area contributed by atoms with Gasteiger partial charge in [0.25, 0.3) is 0 Å². The van der Waals surface area contributed by atoms with Crippen LogP contribution < -0.4 is 0 Å². The number of hydrogen-bond donors (Lipinski definition) is 0. The fourth-order valence-electron chi connectivity index (χ4n) is 1.73. The molecule has 1 rings (SSSR count). The molecule has 76 valence electrons. The van der Waals surface area contributed by atoms with E-state index in [0.29, 0.717) is 13.1 Å². The number of allylic oxidation sites excluding steroid dienone is 2. The number of nitrogens with zero attached hydrogens (tertiary/aromatic N) is 1. The van der Waals surface area contributed by atoms with E-state index in [1.807, 2.05) is 6.92 Å². The van der Waals surface area contributed by atoms with Gasteiger partial charge in [-0.15, -0.1) is 6.42 Å². The van der Waals surface area contributed by atoms with Crippen molar-refractivity contribution in [1.29, 1.82) is 0 Å². The minimum atomic E-state index is 0.160. The Labute approximate surface area is 86.0 Å². The summed E-state index contributed by atoms with van der Waals surface area (Å²) in [4.78, 5) is 13.7.